The van der Waals surface area contributed by atoms with Gasteiger partial charge in [-0.2, -0.15) is 0 Å². The first-order valence-electron chi connectivity index (χ1n) is 9.24. The summed E-state index contributed by atoms with van der Waals surface area (Å²) in [5, 5.41) is 11.0. The van der Waals surface area contributed by atoms with E-state index in [0.717, 1.165) is 25.7 Å². The maximum Gasteiger partial charge on any atom is 0.152 e. The summed E-state index contributed by atoms with van der Waals surface area (Å²) in [6, 6.07) is 0. The number of rotatable bonds is 0. The molecule has 0 bridgehead atoms. The average molecular weight is 369 g/mol. The molecule has 4 aliphatic carbocycles. The zero-order chi connectivity index (χ0) is 15.7. The summed E-state index contributed by atoms with van der Waals surface area (Å²) in [6.45, 7) is 4.69. The van der Waals surface area contributed by atoms with Crippen LogP contribution >= 0.6 is 15.9 Å². The van der Waals surface area contributed by atoms with E-state index in [2.05, 4.69) is 29.8 Å². The van der Waals surface area contributed by atoms with Gasteiger partial charge < -0.3 is 5.11 Å². The Hall–Kier alpha value is 0.110. The molecule has 0 heterocycles. The van der Waals surface area contributed by atoms with Crippen LogP contribution in [-0.2, 0) is 4.79 Å². The van der Waals surface area contributed by atoms with Gasteiger partial charge in [0.25, 0.3) is 0 Å². The Morgan fingerprint density at radius 2 is 1.86 bits per heavy atom. The first-order valence-corrected chi connectivity index (χ1v) is 10.2. The summed E-state index contributed by atoms with van der Waals surface area (Å²) < 4.78 is 0. The van der Waals surface area contributed by atoms with E-state index in [-0.39, 0.29) is 16.3 Å². The smallest absolute Gasteiger partial charge is 0.152 e. The molecule has 0 amide bonds. The molecule has 4 fully saturated rings. The molecule has 1 N–H and O–H groups in total. The van der Waals surface area contributed by atoms with Crippen molar-refractivity contribution < 1.29 is 9.90 Å². The Balaban J connectivity index is 1.71. The molecule has 0 spiro atoms. The standard InChI is InChI=1S/C19H29BrO2/c1-18-7-4-3-5-11(18)9-15(21)16-12(18)6-8-19(2)13(16)10-14(20)17(19)22/h11-16,21H,3-10H2,1-2H3/t11?,12-,13-,14+,15+,16+,18-,19-/m0/s1. The lowest BCUT2D eigenvalue weighted by Gasteiger charge is -2.60. The number of Topliss-reactive ketones (excluding diaryl/α,β-unsaturated/α-hetero) is 1. The third kappa shape index (κ3) is 1.90. The summed E-state index contributed by atoms with van der Waals surface area (Å²) in [5.41, 5.74) is 0.227. The fourth-order valence-corrected chi connectivity index (χ4v) is 7.94. The van der Waals surface area contributed by atoms with Crippen LogP contribution in [0.4, 0.5) is 0 Å². The van der Waals surface area contributed by atoms with E-state index in [4.69, 9.17) is 0 Å². The Morgan fingerprint density at radius 3 is 2.64 bits per heavy atom. The normalized spacial score (nSPS) is 57.9. The van der Waals surface area contributed by atoms with Crippen LogP contribution in [0.2, 0.25) is 0 Å². The quantitative estimate of drug-likeness (QED) is 0.646. The molecule has 4 aliphatic rings. The number of ketones is 1. The molecule has 0 aliphatic heterocycles. The first-order chi connectivity index (χ1) is 10.4. The summed E-state index contributed by atoms with van der Waals surface area (Å²) in [7, 11) is 0. The van der Waals surface area contributed by atoms with Crippen molar-refractivity contribution >= 4 is 21.7 Å². The van der Waals surface area contributed by atoms with Crippen LogP contribution in [0.5, 0.6) is 0 Å². The predicted octanol–water partition coefficient (Wildman–Crippen LogP) is 4.33. The van der Waals surface area contributed by atoms with Gasteiger partial charge in [0.15, 0.2) is 5.78 Å². The van der Waals surface area contributed by atoms with Gasteiger partial charge >= 0.3 is 0 Å². The third-order valence-corrected chi connectivity index (χ3v) is 9.09. The lowest BCUT2D eigenvalue weighted by Crippen LogP contribution is -2.57. The minimum Gasteiger partial charge on any atom is -0.393 e. The number of halogens is 1. The molecule has 0 aromatic carbocycles. The lowest BCUT2D eigenvalue weighted by atomic mass is 9.44. The van der Waals surface area contributed by atoms with Crippen molar-refractivity contribution in [3.63, 3.8) is 0 Å². The van der Waals surface area contributed by atoms with Gasteiger partial charge in [-0.15, -0.1) is 0 Å². The highest BCUT2D eigenvalue weighted by molar-refractivity contribution is 9.10. The van der Waals surface area contributed by atoms with Crippen molar-refractivity contribution in [2.45, 2.75) is 76.1 Å². The second-order valence-corrected chi connectivity index (χ2v) is 10.2. The molecule has 124 valence electrons. The fourth-order valence-electron chi connectivity index (χ4n) is 7.01. The maximum absolute atomic E-state index is 12.7. The maximum atomic E-state index is 12.7. The van der Waals surface area contributed by atoms with Crippen LogP contribution in [0.1, 0.15) is 65.2 Å². The molecule has 1 unspecified atom stereocenters. The summed E-state index contributed by atoms with van der Waals surface area (Å²) >= 11 is 3.62. The van der Waals surface area contributed by atoms with Crippen LogP contribution in [0, 0.1) is 34.5 Å². The van der Waals surface area contributed by atoms with Crippen molar-refractivity contribution in [3.05, 3.63) is 0 Å². The molecular weight excluding hydrogens is 340 g/mol. The second kappa shape index (κ2) is 5.05. The number of fused-ring (bicyclic) bond motifs is 5. The Kier molecular flexibility index (Phi) is 3.59. The third-order valence-electron chi connectivity index (χ3n) is 8.30. The topological polar surface area (TPSA) is 37.3 Å². The van der Waals surface area contributed by atoms with E-state index in [1.54, 1.807) is 0 Å². The van der Waals surface area contributed by atoms with Crippen molar-refractivity contribution in [3.8, 4) is 0 Å². The van der Waals surface area contributed by atoms with Crippen molar-refractivity contribution in [2.75, 3.05) is 0 Å². The van der Waals surface area contributed by atoms with Gasteiger partial charge in [-0.05, 0) is 67.6 Å². The van der Waals surface area contributed by atoms with Gasteiger partial charge in [0.05, 0.1) is 10.9 Å². The molecule has 2 nitrogen and oxygen atoms in total. The molecule has 22 heavy (non-hydrogen) atoms. The number of carbonyl (C=O) groups excluding carboxylic acids is 1. The van der Waals surface area contributed by atoms with Crippen LogP contribution < -0.4 is 0 Å². The number of hydrogen-bond donors (Lipinski definition) is 1. The van der Waals surface area contributed by atoms with E-state index < -0.39 is 0 Å². The van der Waals surface area contributed by atoms with Crippen LogP contribution in [0.3, 0.4) is 0 Å². The fraction of sp³-hybridized carbons (Fsp3) is 0.947. The molecule has 4 saturated carbocycles. The Bertz CT molecular complexity index is 492. The van der Waals surface area contributed by atoms with Gasteiger partial charge in [0.2, 0.25) is 0 Å². The van der Waals surface area contributed by atoms with E-state index >= 15 is 0 Å². The molecule has 0 radical (unpaired) electrons. The molecule has 0 saturated heterocycles. The van der Waals surface area contributed by atoms with Gasteiger partial charge in [-0.1, -0.05) is 42.6 Å². The van der Waals surface area contributed by atoms with Gasteiger partial charge in [-0.25, -0.2) is 0 Å². The molecule has 0 aromatic rings. The number of aliphatic hydroxyl groups is 1. The van der Waals surface area contributed by atoms with E-state index in [9.17, 15) is 9.90 Å². The monoisotopic (exact) mass is 368 g/mol. The van der Waals surface area contributed by atoms with Crippen molar-refractivity contribution in [1.82, 2.24) is 0 Å². The van der Waals surface area contributed by atoms with Crippen molar-refractivity contribution in [1.29, 1.82) is 0 Å². The Morgan fingerprint density at radius 1 is 1.09 bits per heavy atom. The zero-order valence-corrected chi connectivity index (χ0v) is 15.4. The molecule has 4 rings (SSSR count). The van der Waals surface area contributed by atoms with Crippen LogP contribution in [0.15, 0.2) is 0 Å². The minimum absolute atomic E-state index is 0.0188. The number of hydrogen-bond acceptors (Lipinski definition) is 2. The van der Waals surface area contributed by atoms with Crippen LogP contribution in [0.25, 0.3) is 0 Å². The second-order valence-electron chi connectivity index (χ2n) is 9.07. The van der Waals surface area contributed by atoms with Gasteiger partial charge in [0.1, 0.15) is 0 Å². The SMILES string of the molecule is C[C@]12CCCCC1C[C@@H](O)[C@@H]1[C@@H]2CC[C@]2(C)C(=O)[C@H](Br)C[C@@H]12. The minimum atomic E-state index is -0.186. The molecule has 8 atom stereocenters. The highest BCUT2D eigenvalue weighted by Crippen LogP contribution is 2.65. The molecule has 3 heteroatoms. The predicted molar refractivity (Wildman–Crippen MR) is 90.8 cm³/mol. The number of alkyl halides is 1. The molecular formula is C19H29BrO2. The molecule has 0 aromatic heterocycles. The van der Waals surface area contributed by atoms with E-state index in [1.165, 1.54) is 25.7 Å². The number of carbonyl (C=O) groups is 1. The van der Waals surface area contributed by atoms with E-state index in [0.29, 0.717) is 34.9 Å². The highest BCUT2D eigenvalue weighted by Gasteiger charge is 2.63. The summed E-state index contributed by atoms with van der Waals surface area (Å²) in [6.07, 6.45) is 9.25. The van der Waals surface area contributed by atoms with Gasteiger partial charge in [-0.3, -0.25) is 4.79 Å². The average Bonchev–Trinajstić information content (AvgIpc) is 2.71. The zero-order valence-electron chi connectivity index (χ0n) is 13.9. The first kappa shape index (κ1) is 15.6. The Labute approximate surface area is 142 Å². The summed E-state index contributed by atoms with van der Waals surface area (Å²) in [4.78, 5) is 12.7. The summed E-state index contributed by atoms with van der Waals surface area (Å²) in [5.74, 6) is 2.48. The van der Waals surface area contributed by atoms with Crippen LogP contribution in [-0.4, -0.2) is 21.8 Å². The highest BCUT2D eigenvalue weighted by atomic mass is 79.9. The lowest BCUT2D eigenvalue weighted by molar-refractivity contribution is -0.163. The van der Waals surface area contributed by atoms with E-state index in [1.807, 2.05) is 0 Å². The van der Waals surface area contributed by atoms with Gasteiger partial charge in [0, 0.05) is 5.41 Å². The number of aliphatic hydroxyl groups excluding tert-OH is 1. The largest absolute Gasteiger partial charge is 0.393 e. The van der Waals surface area contributed by atoms with Crippen molar-refractivity contribution in [2.24, 2.45) is 34.5 Å².